The summed E-state index contributed by atoms with van der Waals surface area (Å²) in [6, 6.07) is 3.55. The molecular weight excluding hydrogens is 326 g/mol. The normalized spacial score (nSPS) is 16.9. The van der Waals surface area contributed by atoms with Crippen LogP contribution in [0, 0.1) is 5.92 Å². The van der Waals surface area contributed by atoms with Gasteiger partial charge >= 0.3 is 0 Å². The molecule has 2 aromatic rings. The Balaban J connectivity index is 1.85. The fourth-order valence-electron chi connectivity index (χ4n) is 2.65. The second-order valence-corrected chi connectivity index (χ2v) is 5.86. The smallest absolute Gasteiger partial charge is 0.249 e. The number of pyridine rings is 1. The van der Waals surface area contributed by atoms with E-state index < -0.39 is 24.7 Å². The number of hydrogen-bond donors (Lipinski definition) is 0. The maximum atomic E-state index is 13.0. The zero-order chi connectivity index (χ0) is 16.6. The monoisotopic (exact) mass is 340 g/mol. The van der Waals surface area contributed by atoms with Gasteiger partial charge in [0.2, 0.25) is 11.8 Å². The molecule has 0 unspecified atom stereocenters. The number of hydrogen-bond acceptors (Lipinski definition) is 3. The number of alkyl halides is 2. The lowest BCUT2D eigenvalue weighted by molar-refractivity contribution is -0.147. The van der Waals surface area contributed by atoms with Crippen LogP contribution in [0.3, 0.4) is 0 Å². The summed E-state index contributed by atoms with van der Waals surface area (Å²) in [5.41, 5.74) is 1.11. The van der Waals surface area contributed by atoms with Crippen molar-refractivity contribution in [1.29, 1.82) is 0 Å². The summed E-state index contributed by atoms with van der Waals surface area (Å²) in [5.74, 6) is -3.74. The lowest BCUT2D eigenvalue weighted by Crippen LogP contribution is -2.47. The van der Waals surface area contributed by atoms with Crippen LogP contribution in [0.25, 0.3) is 5.69 Å². The largest absolute Gasteiger partial charge is 0.308 e. The molecule has 0 atom stereocenters. The quantitative estimate of drug-likeness (QED) is 0.858. The number of carbonyl (C=O) groups excluding carboxylic acids is 1. The van der Waals surface area contributed by atoms with Gasteiger partial charge in [-0.05, 0) is 19.1 Å². The van der Waals surface area contributed by atoms with Gasteiger partial charge in [0, 0.05) is 31.5 Å². The molecule has 2 aromatic heterocycles. The van der Waals surface area contributed by atoms with E-state index in [4.69, 9.17) is 11.6 Å². The van der Waals surface area contributed by atoms with Crippen molar-refractivity contribution in [2.45, 2.75) is 25.7 Å². The number of aromatic nitrogens is 3. The van der Waals surface area contributed by atoms with Crippen molar-refractivity contribution in [3.05, 3.63) is 35.9 Å². The van der Waals surface area contributed by atoms with E-state index in [0.29, 0.717) is 17.9 Å². The number of anilines is 1. The summed E-state index contributed by atoms with van der Waals surface area (Å²) in [6.07, 6.45) is 4.04. The van der Waals surface area contributed by atoms with E-state index in [-0.39, 0.29) is 11.1 Å². The Morgan fingerprint density at radius 3 is 2.83 bits per heavy atom. The average molecular weight is 341 g/mol. The molecule has 0 radical (unpaired) electrons. The Hall–Kier alpha value is -2.02. The molecule has 3 rings (SSSR count). The first kappa shape index (κ1) is 15.9. The van der Waals surface area contributed by atoms with Crippen LogP contribution in [0.15, 0.2) is 30.7 Å². The molecule has 0 saturated heterocycles. The molecule has 1 saturated carbocycles. The third-order valence-electron chi connectivity index (χ3n) is 3.87. The minimum Gasteiger partial charge on any atom is -0.308 e. The van der Waals surface area contributed by atoms with Crippen LogP contribution >= 0.6 is 11.6 Å². The average Bonchev–Trinajstić information content (AvgIpc) is 2.88. The van der Waals surface area contributed by atoms with E-state index >= 15 is 0 Å². The standard InChI is InChI=1S/C15H15ClF2N4O/c1-2-21(14(23)10-6-15(17,18)7-10)12-9-22(20-13(12)16)11-4-3-5-19-8-11/h3-5,8-10H,2,6-7H2,1H3. The summed E-state index contributed by atoms with van der Waals surface area (Å²) >= 11 is 6.14. The highest BCUT2D eigenvalue weighted by atomic mass is 35.5. The molecule has 122 valence electrons. The van der Waals surface area contributed by atoms with Gasteiger partial charge in [-0.15, -0.1) is 0 Å². The van der Waals surface area contributed by atoms with Gasteiger partial charge < -0.3 is 4.90 Å². The van der Waals surface area contributed by atoms with Crippen LogP contribution < -0.4 is 4.90 Å². The first-order chi connectivity index (χ1) is 10.9. The zero-order valence-electron chi connectivity index (χ0n) is 12.4. The van der Waals surface area contributed by atoms with Crippen molar-refractivity contribution >= 4 is 23.2 Å². The molecule has 0 bridgehead atoms. The summed E-state index contributed by atoms with van der Waals surface area (Å²) < 4.78 is 27.5. The van der Waals surface area contributed by atoms with Gasteiger partial charge in [-0.1, -0.05) is 11.6 Å². The summed E-state index contributed by atoms with van der Waals surface area (Å²) in [7, 11) is 0. The van der Waals surface area contributed by atoms with E-state index in [1.165, 1.54) is 9.58 Å². The number of halogens is 3. The van der Waals surface area contributed by atoms with Gasteiger partial charge in [0.1, 0.15) is 5.69 Å². The fraction of sp³-hybridized carbons (Fsp3) is 0.400. The van der Waals surface area contributed by atoms with Gasteiger partial charge in [-0.25, -0.2) is 13.5 Å². The molecule has 0 aromatic carbocycles. The molecule has 1 aliphatic carbocycles. The summed E-state index contributed by atoms with van der Waals surface area (Å²) in [6.45, 7) is 2.10. The minimum absolute atomic E-state index is 0.148. The van der Waals surface area contributed by atoms with Crippen molar-refractivity contribution < 1.29 is 13.6 Å². The summed E-state index contributed by atoms with van der Waals surface area (Å²) in [4.78, 5) is 17.8. The van der Waals surface area contributed by atoms with Crippen molar-refractivity contribution in [1.82, 2.24) is 14.8 Å². The fourth-order valence-corrected chi connectivity index (χ4v) is 2.88. The maximum absolute atomic E-state index is 13.0. The molecular formula is C15H15ClF2N4O. The molecule has 23 heavy (non-hydrogen) atoms. The number of rotatable bonds is 4. The highest BCUT2D eigenvalue weighted by Crippen LogP contribution is 2.44. The predicted octanol–water partition coefficient (Wildman–Crippen LogP) is 3.32. The first-order valence-electron chi connectivity index (χ1n) is 7.26. The highest BCUT2D eigenvalue weighted by molar-refractivity contribution is 6.32. The van der Waals surface area contributed by atoms with Crippen molar-refractivity contribution in [2.75, 3.05) is 11.4 Å². The van der Waals surface area contributed by atoms with Gasteiger partial charge in [-0.2, -0.15) is 5.10 Å². The van der Waals surface area contributed by atoms with Crippen LogP contribution in [0.2, 0.25) is 5.15 Å². The lowest BCUT2D eigenvalue weighted by Gasteiger charge is -2.36. The highest BCUT2D eigenvalue weighted by Gasteiger charge is 2.50. The molecule has 1 fully saturated rings. The molecule has 2 heterocycles. The Morgan fingerprint density at radius 1 is 1.52 bits per heavy atom. The van der Waals surface area contributed by atoms with Crippen LogP contribution in [0.4, 0.5) is 14.5 Å². The van der Waals surface area contributed by atoms with Crippen LogP contribution in [0.5, 0.6) is 0 Å². The second kappa shape index (κ2) is 5.88. The third-order valence-corrected chi connectivity index (χ3v) is 4.14. The molecule has 8 heteroatoms. The Bertz CT molecular complexity index is 712. The van der Waals surface area contributed by atoms with Crippen molar-refractivity contribution in [3.8, 4) is 5.69 Å². The first-order valence-corrected chi connectivity index (χ1v) is 7.64. The molecule has 1 aliphatic rings. The molecule has 0 spiro atoms. The van der Waals surface area contributed by atoms with Gasteiger partial charge in [0.05, 0.1) is 18.1 Å². The van der Waals surface area contributed by atoms with E-state index in [9.17, 15) is 13.6 Å². The molecule has 5 nitrogen and oxygen atoms in total. The van der Waals surface area contributed by atoms with Gasteiger partial charge in [0.25, 0.3) is 0 Å². The minimum atomic E-state index is -2.73. The predicted molar refractivity (Wildman–Crippen MR) is 82.1 cm³/mol. The number of carbonyl (C=O) groups is 1. The van der Waals surface area contributed by atoms with Gasteiger partial charge in [0.15, 0.2) is 5.15 Å². The third kappa shape index (κ3) is 3.06. The van der Waals surface area contributed by atoms with Crippen molar-refractivity contribution in [2.24, 2.45) is 5.92 Å². The maximum Gasteiger partial charge on any atom is 0.249 e. The molecule has 0 aliphatic heterocycles. The number of nitrogens with zero attached hydrogens (tertiary/aromatic N) is 4. The topological polar surface area (TPSA) is 51.0 Å². The van der Waals surface area contributed by atoms with Crippen molar-refractivity contribution in [3.63, 3.8) is 0 Å². The summed E-state index contributed by atoms with van der Waals surface area (Å²) in [5, 5.41) is 4.31. The Labute approximate surface area is 136 Å². The Kier molecular flexibility index (Phi) is 4.06. The zero-order valence-corrected chi connectivity index (χ0v) is 13.2. The Morgan fingerprint density at radius 2 is 2.26 bits per heavy atom. The van der Waals surface area contributed by atoms with E-state index in [1.54, 1.807) is 37.6 Å². The van der Waals surface area contributed by atoms with E-state index in [2.05, 4.69) is 10.1 Å². The SMILES string of the molecule is CCN(C(=O)C1CC(F)(F)C1)c1cn(-c2cccnc2)nc1Cl. The second-order valence-electron chi connectivity index (χ2n) is 5.50. The van der Waals surface area contributed by atoms with E-state index in [0.717, 1.165) is 0 Å². The molecule has 1 amide bonds. The molecule has 0 N–H and O–H groups in total. The van der Waals surface area contributed by atoms with E-state index in [1.807, 2.05) is 0 Å². The van der Waals surface area contributed by atoms with Crippen LogP contribution in [-0.4, -0.2) is 33.1 Å². The van der Waals surface area contributed by atoms with Crippen LogP contribution in [-0.2, 0) is 4.79 Å². The number of amides is 1. The lowest BCUT2D eigenvalue weighted by atomic mass is 9.80. The van der Waals surface area contributed by atoms with Crippen LogP contribution in [0.1, 0.15) is 19.8 Å². The van der Waals surface area contributed by atoms with Gasteiger partial charge in [-0.3, -0.25) is 9.78 Å².